The van der Waals surface area contributed by atoms with E-state index < -0.39 is 0 Å². The molecular weight excluding hydrogens is 1130 g/mol. The van der Waals surface area contributed by atoms with Crippen molar-refractivity contribution in [1.82, 2.24) is 27.4 Å². The van der Waals surface area contributed by atoms with Crippen LogP contribution in [0, 0.1) is 11.8 Å². The number of hydrogen-bond donors (Lipinski definition) is 0. The molecule has 460 valence electrons. The number of aromatic nitrogens is 6. The molecule has 93 heavy (non-hydrogen) atoms. The van der Waals surface area contributed by atoms with Crippen molar-refractivity contribution in [2.75, 3.05) is 0 Å². The number of para-hydroxylation sites is 6. The van der Waals surface area contributed by atoms with Gasteiger partial charge in [-0.2, -0.15) is 0 Å². The number of aryl methyl sites for hydroxylation is 1. The van der Waals surface area contributed by atoms with Gasteiger partial charge < -0.3 is 27.4 Å². The molecule has 6 heterocycles. The number of nitrogens with zero attached hydrogens (tertiary/aromatic N) is 6. The molecule has 0 N–H and O–H groups in total. The molecule has 6 aromatic heterocycles. The Labute approximate surface area is 544 Å². The van der Waals surface area contributed by atoms with Crippen LogP contribution in [0.5, 0.6) is 0 Å². The highest BCUT2D eigenvalue weighted by Gasteiger charge is 2.27. The van der Waals surface area contributed by atoms with Gasteiger partial charge in [-0.25, -0.2) is 0 Å². The summed E-state index contributed by atoms with van der Waals surface area (Å²) in [6, 6.07) is 86.3. The molecule has 0 saturated heterocycles. The van der Waals surface area contributed by atoms with Crippen molar-refractivity contribution < 1.29 is 0 Å². The second kappa shape index (κ2) is 23.4. The number of hydrogen-bond acceptors (Lipinski definition) is 0. The summed E-state index contributed by atoms with van der Waals surface area (Å²) in [5.74, 6) is 1.18. The minimum Gasteiger partial charge on any atom is -0.340 e. The van der Waals surface area contributed by atoms with Crippen LogP contribution in [0.1, 0.15) is 111 Å². The standard InChI is InChI=1S/C87H82N6/c1-6-11-14-35-69-86-68-34-20-26-41-84(68)92(61-44-48-77-72(52-61)70-50-59(42-46-75(70)88(77)55-57(9-4)27-12-7-2)90-79-36-21-15-29-63(79)64-30-16-22-37-80(64)90)85(86)54-74-67-33-19-25-40-83(67)93(87(69)74)62-45-49-78-73(53-62)71-51-60(43-47-76(71)89(78)56-58(10-5)28-13-8-3)91-81-38-23-17-31-65(81)66-32-18-24-39-82(66)91/h15-26,29-34,36-54,57-58H,6-14,27-28,35,55-56H2,1-5H3. The largest absolute Gasteiger partial charge is 0.340 e. The van der Waals surface area contributed by atoms with Crippen LogP contribution in [0.3, 0.4) is 0 Å². The Morgan fingerprint density at radius 2 is 0.591 bits per heavy atom. The molecule has 0 aliphatic rings. The van der Waals surface area contributed by atoms with Gasteiger partial charge in [0.15, 0.2) is 0 Å². The normalized spacial score (nSPS) is 13.1. The van der Waals surface area contributed by atoms with E-state index in [1.807, 2.05) is 0 Å². The zero-order valence-corrected chi connectivity index (χ0v) is 54.6. The lowest BCUT2D eigenvalue weighted by Gasteiger charge is -2.18. The van der Waals surface area contributed by atoms with Gasteiger partial charge in [0.05, 0.1) is 44.1 Å². The summed E-state index contributed by atoms with van der Waals surface area (Å²) in [6.45, 7) is 13.8. The fourth-order valence-electron chi connectivity index (χ4n) is 16.9. The van der Waals surface area contributed by atoms with Crippen LogP contribution in [0.4, 0.5) is 0 Å². The molecule has 0 spiro atoms. The molecular formula is C87H82N6. The van der Waals surface area contributed by atoms with Gasteiger partial charge in [-0.15, -0.1) is 0 Å². The number of rotatable bonds is 20. The van der Waals surface area contributed by atoms with Crippen molar-refractivity contribution >= 4 is 131 Å². The van der Waals surface area contributed by atoms with E-state index in [9.17, 15) is 0 Å². The third-order valence-corrected chi connectivity index (χ3v) is 21.5. The minimum absolute atomic E-state index is 0.592. The molecule has 0 radical (unpaired) electrons. The van der Waals surface area contributed by atoms with E-state index in [1.54, 1.807) is 0 Å². The highest BCUT2D eigenvalue weighted by atomic mass is 15.0. The molecule has 6 heteroatoms. The van der Waals surface area contributed by atoms with Gasteiger partial charge in [0.25, 0.3) is 0 Å². The van der Waals surface area contributed by atoms with Crippen LogP contribution in [0.15, 0.2) is 224 Å². The van der Waals surface area contributed by atoms with E-state index in [-0.39, 0.29) is 0 Å². The van der Waals surface area contributed by atoms with E-state index in [0.29, 0.717) is 11.8 Å². The lowest BCUT2D eigenvalue weighted by Crippen LogP contribution is -2.10. The highest BCUT2D eigenvalue weighted by molar-refractivity contribution is 6.22. The van der Waals surface area contributed by atoms with Crippen molar-refractivity contribution in [2.45, 2.75) is 125 Å². The van der Waals surface area contributed by atoms with E-state index >= 15 is 0 Å². The lowest BCUT2D eigenvalue weighted by molar-refractivity contribution is 0.401. The fourth-order valence-corrected chi connectivity index (χ4v) is 16.9. The van der Waals surface area contributed by atoms with Crippen molar-refractivity contribution in [1.29, 1.82) is 0 Å². The van der Waals surface area contributed by atoms with Crippen LogP contribution in [-0.4, -0.2) is 27.4 Å². The lowest BCUT2D eigenvalue weighted by atomic mass is 9.97. The molecule has 0 aliphatic heterocycles. The van der Waals surface area contributed by atoms with E-state index in [1.165, 1.54) is 204 Å². The van der Waals surface area contributed by atoms with Crippen molar-refractivity contribution in [3.63, 3.8) is 0 Å². The Morgan fingerprint density at radius 1 is 0.269 bits per heavy atom. The number of fused-ring (bicyclic) bond motifs is 18. The summed E-state index contributed by atoms with van der Waals surface area (Å²) < 4.78 is 15.6. The van der Waals surface area contributed by atoms with Gasteiger partial charge in [-0.1, -0.05) is 195 Å². The molecule has 0 bridgehead atoms. The maximum atomic E-state index is 2.67. The molecule has 0 amide bonds. The Morgan fingerprint density at radius 3 is 0.968 bits per heavy atom. The molecule has 0 saturated carbocycles. The second-order valence-electron chi connectivity index (χ2n) is 26.9. The predicted octanol–water partition coefficient (Wildman–Crippen LogP) is 24.5. The number of unbranched alkanes of at least 4 members (excludes halogenated alkanes) is 4. The van der Waals surface area contributed by atoms with E-state index in [2.05, 4.69) is 286 Å². The molecule has 2 unspecified atom stereocenters. The monoisotopic (exact) mass is 1210 g/mol. The average molecular weight is 1210 g/mol. The predicted molar refractivity (Wildman–Crippen MR) is 400 cm³/mol. The average Bonchev–Trinajstić information content (AvgIpc) is 1.55. The van der Waals surface area contributed by atoms with Crippen molar-refractivity contribution in [2.24, 2.45) is 11.8 Å². The van der Waals surface area contributed by atoms with Gasteiger partial charge in [-0.05, 0) is 158 Å². The Bertz CT molecular complexity index is 5630. The Hall–Kier alpha value is -9.78. The summed E-state index contributed by atoms with van der Waals surface area (Å²) in [5, 5.41) is 15.6. The first kappa shape index (κ1) is 57.1. The first-order chi connectivity index (χ1) is 46.0. The number of benzene rings is 11. The topological polar surface area (TPSA) is 29.6 Å². The van der Waals surface area contributed by atoms with Gasteiger partial charge in [0.2, 0.25) is 0 Å². The minimum atomic E-state index is 0.592. The molecule has 6 nitrogen and oxygen atoms in total. The molecule has 0 aliphatic carbocycles. The summed E-state index contributed by atoms with van der Waals surface area (Å²) in [4.78, 5) is 0. The first-order valence-electron chi connectivity index (χ1n) is 35.0. The van der Waals surface area contributed by atoms with Crippen LogP contribution in [0.25, 0.3) is 154 Å². The van der Waals surface area contributed by atoms with Gasteiger partial charge in [0, 0.05) is 123 Å². The van der Waals surface area contributed by atoms with E-state index in [4.69, 9.17) is 0 Å². The maximum absolute atomic E-state index is 2.67. The molecule has 0 fully saturated rings. The molecule has 17 rings (SSSR count). The molecule has 17 aromatic rings. The Balaban J connectivity index is 0.901. The summed E-state index contributed by atoms with van der Waals surface area (Å²) in [5.41, 5.74) is 21.5. The third-order valence-electron chi connectivity index (χ3n) is 21.5. The Kier molecular flexibility index (Phi) is 14.4. The van der Waals surface area contributed by atoms with Crippen LogP contribution < -0.4 is 0 Å². The van der Waals surface area contributed by atoms with Crippen LogP contribution in [0.2, 0.25) is 0 Å². The smallest absolute Gasteiger partial charge is 0.0580 e. The summed E-state index contributed by atoms with van der Waals surface area (Å²) in [6.07, 6.45) is 14.1. The summed E-state index contributed by atoms with van der Waals surface area (Å²) >= 11 is 0. The maximum Gasteiger partial charge on any atom is 0.0580 e. The quantitative estimate of drug-likeness (QED) is 0.0681. The second-order valence-corrected chi connectivity index (χ2v) is 26.9. The summed E-state index contributed by atoms with van der Waals surface area (Å²) in [7, 11) is 0. The van der Waals surface area contributed by atoms with E-state index in [0.717, 1.165) is 45.2 Å². The van der Waals surface area contributed by atoms with Crippen LogP contribution >= 0.6 is 0 Å². The highest BCUT2D eigenvalue weighted by Crippen LogP contribution is 2.46. The zero-order valence-electron chi connectivity index (χ0n) is 54.6. The van der Waals surface area contributed by atoms with Crippen LogP contribution in [-0.2, 0) is 19.5 Å². The fraction of sp³-hybridized carbons (Fsp3) is 0.241. The SMILES string of the molecule is CCCCCc1c2c3ccccc3n(-c3ccc4c(c3)c3cc(-n5c6ccccc6c6ccccc65)ccc3n4CC(CC)CCCC)c2cc2c3ccccc3n(-c3ccc4c(c3)c3cc(-n5c6ccccc6c6ccccc65)ccc3n4CC(CC)CCCC)c12. The third kappa shape index (κ3) is 9.09. The van der Waals surface area contributed by atoms with Crippen molar-refractivity contribution in [3.8, 4) is 22.7 Å². The van der Waals surface area contributed by atoms with Gasteiger partial charge in [0.1, 0.15) is 0 Å². The first-order valence-corrected chi connectivity index (χ1v) is 35.0. The molecule has 11 aromatic carbocycles. The zero-order chi connectivity index (χ0) is 62.4. The van der Waals surface area contributed by atoms with Crippen molar-refractivity contribution in [3.05, 3.63) is 230 Å². The van der Waals surface area contributed by atoms with Gasteiger partial charge >= 0.3 is 0 Å². The van der Waals surface area contributed by atoms with Gasteiger partial charge in [-0.3, -0.25) is 0 Å². The molecule has 2 atom stereocenters.